The highest BCUT2D eigenvalue weighted by atomic mass is 16.5. The Labute approximate surface area is 87.8 Å². The van der Waals surface area contributed by atoms with Crippen molar-refractivity contribution in [2.45, 2.75) is 6.42 Å². The van der Waals surface area contributed by atoms with Crippen molar-refractivity contribution in [2.24, 2.45) is 5.73 Å². The smallest absolute Gasteiger partial charge is 0.273 e. The Morgan fingerprint density at radius 1 is 1.73 bits per heavy atom. The second-order valence-electron chi connectivity index (χ2n) is 2.91. The van der Waals surface area contributed by atoms with E-state index in [1.165, 1.54) is 6.26 Å². The zero-order valence-corrected chi connectivity index (χ0v) is 8.66. The molecule has 0 bridgehead atoms. The number of carbonyl (C=O) groups is 1. The van der Waals surface area contributed by atoms with Crippen LogP contribution in [0.1, 0.15) is 16.4 Å². The Balaban J connectivity index is 2.43. The number of ether oxygens (including phenoxy) is 1. The lowest BCUT2D eigenvalue weighted by atomic mass is 10.4. The maximum absolute atomic E-state index is 11.4. The van der Waals surface area contributed by atoms with Crippen LogP contribution in [0.25, 0.3) is 0 Å². The molecule has 1 amide bonds. The molecule has 0 aliphatic carbocycles. The van der Waals surface area contributed by atoms with Gasteiger partial charge in [0.1, 0.15) is 6.26 Å². The molecular formula is C9H15N3O3. The highest BCUT2D eigenvalue weighted by Gasteiger charge is 2.10. The molecule has 0 spiro atoms. The fourth-order valence-electron chi connectivity index (χ4n) is 1.01. The topological polar surface area (TPSA) is 90.4 Å². The lowest BCUT2D eigenvalue weighted by Gasteiger charge is -2.00. The molecule has 0 aliphatic heterocycles. The molecule has 6 nitrogen and oxygen atoms in total. The van der Waals surface area contributed by atoms with Gasteiger partial charge in [-0.1, -0.05) is 0 Å². The summed E-state index contributed by atoms with van der Waals surface area (Å²) >= 11 is 0. The van der Waals surface area contributed by atoms with Crippen LogP contribution in [-0.4, -0.2) is 37.7 Å². The number of aromatic nitrogens is 1. The van der Waals surface area contributed by atoms with Crippen LogP contribution in [0.15, 0.2) is 10.7 Å². The highest BCUT2D eigenvalue weighted by molar-refractivity contribution is 5.91. The minimum atomic E-state index is -0.265. The lowest BCUT2D eigenvalue weighted by Crippen LogP contribution is -2.27. The molecule has 0 atom stereocenters. The van der Waals surface area contributed by atoms with Gasteiger partial charge in [0.15, 0.2) is 11.6 Å². The minimum Gasteiger partial charge on any atom is -0.448 e. The van der Waals surface area contributed by atoms with E-state index in [0.717, 1.165) is 0 Å². The molecule has 1 heterocycles. The summed E-state index contributed by atoms with van der Waals surface area (Å²) in [7, 11) is 1.57. The van der Waals surface area contributed by atoms with Crippen molar-refractivity contribution in [3.8, 4) is 0 Å². The first-order chi connectivity index (χ1) is 7.27. The number of rotatable bonds is 6. The van der Waals surface area contributed by atoms with Crippen LogP contribution >= 0.6 is 0 Å². The van der Waals surface area contributed by atoms with E-state index in [1.54, 1.807) is 7.11 Å². The van der Waals surface area contributed by atoms with Crippen molar-refractivity contribution in [3.63, 3.8) is 0 Å². The summed E-state index contributed by atoms with van der Waals surface area (Å²) < 4.78 is 9.85. The highest BCUT2D eigenvalue weighted by Crippen LogP contribution is 2.01. The van der Waals surface area contributed by atoms with Gasteiger partial charge >= 0.3 is 0 Å². The van der Waals surface area contributed by atoms with Gasteiger partial charge in [-0.15, -0.1) is 0 Å². The van der Waals surface area contributed by atoms with Crippen LogP contribution in [0.5, 0.6) is 0 Å². The van der Waals surface area contributed by atoms with Gasteiger partial charge in [0.2, 0.25) is 0 Å². The monoisotopic (exact) mass is 213 g/mol. The van der Waals surface area contributed by atoms with E-state index in [-0.39, 0.29) is 11.6 Å². The predicted octanol–water partition coefficient (Wildman–Crippen LogP) is -0.448. The number of carbonyl (C=O) groups excluding carboxylic acids is 1. The average Bonchev–Trinajstić information content (AvgIpc) is 2.67. The molecule has 1 rings (SSSR count). The quantitative estimate of drug-likeness (QED) is 0.625. The van der Waals surface area contributed by atoms with Gasteiger partial charge in [0.05, 0.1) is 6.61 Å². The minimum absolute atomic E-state index is 0.265. The molecule has 0 unspecified atom stereocenters. The Morgan fingerprint density at radius 3 is 3.20 bits per heavy atom. The summed E-state index contributed by atoms with van der Waals surface area (Å²) in [6, 6.07) is 0. The fraction of sp³-hybridized carbons (Fsp3) is 0.556. The van der Waals surface area contributed by atoms with Crippen LogP contribution in [0, 0.1) is 0 Å². The number of nitrogens with one attached hydrogen (secondary N) is 1. The molecule has 1 aromatic heterocycles. The van der Waals surface area contributed by atoms with E-state index in [4.69, 9.17) is 14.9 Å². The van der Waals surface area contributed by atoms with Gasteiger partial charge in [-0.2, -0.15) is 0 Å². The summed E-state index contributed by atoms with van der Waals surface area (Å²) in [4.78, 5) is 15.4. The molecule has 84 valence electrons. The first-order valence-electron chi connectivity index (χ1n) is 4.69. The molecule has 0 radical (unpaired) electrons. The van der Waals surface area contributed by atoms with Crippen LogP contribution < -0.4 is 11.1 Å². The third kappa shape index (κ3) is 3.69. The van der Waals surface area contributed by atoms with Gasteiger partial charge in [0.25, 0.3) is 5.91 Å². The van der Waals surface area contributed by atoms with E-state index in [9.17, 15) is 4.79 Å². The molecule has 1 aromatic rings. The molecule has 3 N–H and O–H groups in total. The zero-order chi connectivity index (χ0) is 11.1. The average molecular weight is 213 g/mol. The molecule has 15 heavy (non-hydrogen) atoms. The number of hydrogen-bond donors (Lipinski definition) is 2. The van der Waals surface area contributed by atoms with Crippen molar-refractivity contribution in [3.05, 3.63) is 17.8 Å². The first-order valence-corrected chi connectivity index (χ1v) is 4.69. The summed E-state index contributed by atoms with van der Waals surface area (Å²) in [5.74, 6) is 0.216. The third-order valence-electron chi connectivity index (χ3n) is 1.73. The number of hydrogen-bond acceptors (Lipinski definition) is 5. The first kappa shape index (κ1) is 11.7. The third-order valence-corrected chi connectivity index (χ3v) is 1.73. The van der Waals surface area contributed by atoms with E-state index < -0.39 is 0 Å². The van der Waals surface area contributed by atoms with E-state index >= 15 is 0 Å². The maximum atomic E-state index is 11.4. The summed E-state index contributed by atoms with van der Waals surface area (Å²) in [6.07, 6.45) is 1.86. The van der Waals surface area contributed by atoms with E-state index in [2.05, 4.69) is 10.3 Å². The van der Waals surface area contributed by atoms with Crippen molar-refractivity contribution in [2.75, 3.05) is 26.8 Å². The molecule has 0 fully saturated rings. The molecular weight excluding hydrogens is 198 g/mol. The number of oxazole rings is 1. The molecule has 0 aromatic carbocycles. The Kier molecular flexibility index (Phi) is 4.79. The van der Waals surface area contributed by atoms with Gasteiger partial charge in [-0.25, -0.2) is 4.98 Å². The van der Waals surface area contributed by atoms with Crippen LogP contribution in [-0.2, 0) is 11.2 Å². The van der Waals surface area contributed by atoms with E-state index in [1.807, 2.05) is 0 Å². The Bertz CT molecular complexity index is 311. The molecule has 0 saturated heterocycles. The van der Waals surface area contributed by atoms with Gasteiger partial charge in [-0.05, 0) is 0 Å². The predicted molar refractivity (Wildman–Crippen MR) is 53.5 cm³/mol. The number of amides is 1. The fourth-order valence-corrected chi connectivity index (χ4v) is 1.01. The second kappa shape index (κ2) is 6.15. The van der Waals surface area contributed by atoms with Crippen molar-refractivity contribution >= 4 is 5.91 Å². The normalized spacial score (nSPS) is 10.3. The van der Waals surface area contributed by atoms with Gasteiger partial charge < -0.3 is 20.2 Å². The van der Waals surface area contributed by atoms with Crippen molar-refractivity contribution < 1.29 is 13.9 Å². The van der Waals surface area contributed by atoms with Crippen molar-refractivity contribution in [1.29, 1.82) is 0 Å². The summed E-state index contributed by atoms with van der Waals surface area (Å²) in [6.45, 7) is 1.37. The summed E-state index contributed by atoms with van der Waals surface area (Å²) in [5.41, 5.74) is 5.60. The summed E-state index contributed by atoms with van der Waals surface area (Å²) in [5, 5.41) is 2.64. The van der Waals surface area contributed by atoms with Crippen LogP contribution in [0.2, 0.25) is 0 Å². The van der Waals surface area contributed by atoms with Crippen molar-refractivity contribution in [1.82, 2.24) is 10.3 Å². The molecule has 0 saturated carbocycles. The Hall–Kier alpha value is -1.40. The van der Waals surface area contributed by atoms with Crippen LogP contribution in [0.3, 0.4) is 0 Å². The molecule has 6 heteroatoms. The van der Waals surface area contributed by atoms with Crippen LogP contribution in [0.4, 0.5) is 0 Å². The maximum Gasteiger partial charge on any atom is 0.273 e. The van der Waals surface area contributed by atoms with E-state index in [0.29, 0.717) is 32.0 Å². The standard InChI is InChI=1S/C9H15N3O3/c1-14-5-4-11-9(13)7-6-15-8(12-7)2-3-10/h6H,2-5,10H2,1H3,(H,11,13). The lowest BCUT2D eigenvalue weighted by molar-refractivity contribution is 0.0932. The zero-order valence-electron chi connectivity index (χ0n) is 8.66. The van der Waals surface area contributed by atoms with Gasteiger partial charge in [0, 0.05) is 26.6 Å². The van der Waals surface area contributed by atoms with Gasteiger partial charge in [-0.3, -0.25) is 4.79 Å². The number of nitrogens with zero attached hydrogens (tertiary/aromatic N) is 1. The number of methoxy groups -OCH3 is 1. The second-order valence-corrected chi connectivity index (χ2v) is 2.91. The molecule has 0 aliphatic rings. The largest absolute Gasteiger partial charge is 0.448 e. The Morgan fingerprint density at radius 2 is 2.53 bits per heavy atom. The SMILES string of the molecule is COCCNC(=O)c1coc(CCN)n1. The number of nitrogens with two attached hydrogens (primary N) is 1.